The summed E-state index contributed by atoms with van der Waals surface area (Å²) in [7, 11) is 0. The van der Waals surface area contributed by atoms with Gasteiger partial charge in [0, 0.05) is 5.56 Å². The normalized spacial score (nSPS) is 11.4. The zero-order chi connectivity index (χ0) is 13.2. The van der Waals surface area contributed by atoms with E-state index in [-0.39, 0.29) is 23.5 Å². The van der Waals surface area contributed by atoms with Gasteiger partial charge in [-0.1, -0.05) is 0 Å². The van der Waals surface area contributed by atoms with E-state index in [9.17, 15) is 18.0 Å². The molecule has 0 aliphatic carbocycles. The van der Waals surface area contributed by atoms with E-state index >= 15 is 0 Å². The average molecular weight is 246 g/mol. The molecule has 1 aromatic carbocycles. The van der Waals surface area contributed by atoms with Crippen LogP contribution in [0.15, 0.2) is 12.1 Å². The molecule has 0 radical (unpaired) electrons. The molecule has 17 heavy (non-hydrogen) atoms. The van der Waals surface area contributed by atoms with Crippen molar-refractivity contribution in [2.45, 2.75) is 26.9 Å². The molecule has 1 rings (SSSR count). The smallest absolute Gasteiger partial charge is 0.417 e. The number of halogens is 3. The Balaban J connectivity index is 3.45. The van der Waals surface area contributed by atoms with Gasteiger partial charge in [0.15, 0.2) is 5.78 Å². The van der Waals surface area contributed by atoms with Gasteiger partial charge in [0.1, 0.15) is 5.75 Å². The van der Waals surface area contributed by atoms with Crippen LogP contribution in [0.2, 0.25) is 0 Å². The molecule has 0 N–H and O–H groups in total. The van der Waals surface area contributed by atoms with Crippen LogP contribution in [0.25, 0.3) is 0 Å². The maximum Gasteiger partial charge on any atom is 0.417 e. The standard InChI is InChI=1S/C12H13F3O2/c1-4-17-9-5-7(2)11(8(3)16)10(6-9)12(13,14)15/h5-6H,4H2,1-3H3. The number of rotatable bonds is 3. The van der Waals surface area contributed by atoms with E-state index in [2.05, 4.69) is 0 Å². The fourth-order valence-electron chi connectivity index (χ4n) is 1.69. The maximum absolute atomic E-state index is 12.8. The zero-order valence-corrected chi connectivity index (χ0v) is 9.81. The second-order valence-corrected chi connectivity index (χ2v) is 3.65. The minimum atomic E-state index is -4.56. The van der Waals surface area contributed by atoms with Crippen molar-refractivity contribution in [1.82, 2.24) is 0 Å². The summed E-state index contributed by atoms with van der Waals surface area (Å²) in [6, 6.07) is 2.31. The van der Waals surface area contributed by atoms with E-state index in [0.717, 1.165) is 13.0 Å². The molecule has 0 bridgehead atoms. The Bertz CT molecular complexity index is 436. The molecule has 0 fully saturated rings. The highest BCUT2D eigenvalue weighted by Crippen LogP contribution is 2.36. The Morgan fingerprint density at radius 3 is 2.35 bits per heavy atom. The lowest BCUT2D eigenvalue weighted by molar-refractivity contribution is -0.138. The number of alkyl halides is 3. The number of carbonyl (C=O) groups excluding carboxylic acids is 1. The second kappa shape index (κ2) is 4.77. The lowest BCUT2D eigenvalue weighted by atomic mass is 9.98. The molecule has 0 aromatic heterocycles. The number of hydrogen-bond donors (Lipinski definition) is 0. The fraction of sp³-hybridized carbons (Fsp3) is 0.417. The van der Waals surface area contributed by atoms with E-state index in [1.807, 2.05) is 0 Å². The van der Waals surface area contributed by atoms with Crippen molar-refractivity contribution >= 4 is 5.78 Å². The summed E-state index contributed by atoms with van der Waals surface area (Å²) >= 11 is 0. The molecular weight excluding hydrogens is 233 g/mol. The van der Waals surface area contributed by atoms with Crippen molar-refractivity contribution in [3.05, 3.63) is 28.8 Å². The summed E-state index contributed by atoms with van der Waals surface area (Å²) in [4.78, 5) is 11.3. The first-order chi connectivity index (χ1) is 7.77. The minimum absolute atomic E-state index is 0.127. The van der Waals surface area contributed by atoms with Gasteiger partial charge in [0.2, 0.25) is 0 Å². The molecule has 5 heteroatoms. The molecule has 0 aliphatic rings. The molecular formula is C12H13F3O2. The SMILES string of the molecule is CCOc1cc(C)c(C(C)=O)c(C(F)(F)F)c1. The Labute approximate surface area is 97.4 Å². The summed E-state index contributed by atoms with van der Waals surface area (Å²) in [5.74, 6) is -0.472. The zero-order valence-electron chi connectivity index (χ0n) is 9.81. The van der Waals surface area contributed by atoms with E-state index in [0.29, 0.717) is 0 Å². The Kier molecular flexibility index (Phi) is 3.80. The van der Waals surface area contributed by atoms with Crippen LogP contribution in [-0.4, -0.2) is 12.4 Å². The molecule has 0 spiro atoms. The van der Waals surface area contributed by atoms with Crippen LogP contribution in [-0.2, 0) is 6.18 Å². The molecule has 94 valence electrons. The highest BCUT2D eigenvalue weighted by atomic mass is 19.4. The van der Waals surface area contributed by atoms with Crippen molar-refractivity contribution in [3.8, 4) is 5.75 Å². The van der Waals surface area contributed by atoms with Crippen LogP contribution < -0.4 is 4.74 Å². The molecule has 0 unspecified atom stereocenters. The largest absolute Gasteiger partial charge is 0.494 e. The summed E-state index contributed by atoms with van der Waals surface area (Å²) in [6.07, 6.45) is -4.56. The van der Waals surface area contributed by atoms with Gasteiger partial charge in [-0.25, -0.2) is 0 Å². The van der Waals surface area contributed by atoms with Gasteiger partial charge >= 0.3 is 6.18 Å². The number of ether oxygens (including phenoxy) is 1. The number of ketones is 1. The Hall–Kier alpha value is -1.52. The first-order valence-corrected chi connectivity index (χ1v) is 5.13. The molecule has 0 heterocycles. The third-order valence-electron chi connectivity index (χ3n) is 2.28. The lowest BCUT2D eigenvalue weighted by Crippen LogP contribution is -2.14. The van der Waals surface area contributed by atoms with Gasteiger partial charge in [-0.2, -0.15) is 13.2 Å². The highest BCUT2D eigenvalue weighted by Gasteiger charge is 2.35. The van der Waals surface area contributed by atoms with E-state index in [1.54, 1.807) is 6.92 Å². The predicted molar refractivity (Wildman–Crippen MR) is 57.4 cm³/mol. The van der Waals surface area contributed by atoms with Crippen molar-refractivity contribution in [3.63, 3.8) is 0 Å². The summed E-state index contributed by atoms with van der Waals surface area (Å²) in [6.45, 7) is 4.55. The first kappa shape index (κ1) is 13.5. The van der Waals surface area contributed by atoms with Crippen LogP contribution in [0, 0.1) is 6.92 Å². The van der Waals surface area contributed by atoms with Gasteiger partial charge in [-0.05, 0) is 38.5 Å². The Morgan fingerprint density at radius 1 is 1.35 bits per heavy atom. The van der Waals surface area contributed by atoms with E-state index in [4.69, 9.17) is 4.74 Å². The molecule has 0 amide bonds. The van der Waals surface area contributed by atoms with Crippen LogP contribution in [0.4, 0.5) is 13.2 Å². The molecule has 0 saturated carbocycles. The maximum atomic E-state index is 12.8. The third kappa shape index (κ3) is 2.99. The van der Waals surface area contributed by atoms with Crippen LogP contribution in [0.1, 0.15) is 35.3 Å². The first-order valence-electron chi connectivity index (χ1n) is 5.13. The average Bonchev–Trinajstić information content (AvgIpc) is 2.15. The number of hydrogen-bond acceptors (Lipinski definition) is 2. The third-order valence-corrected chi connectivity index (χ3v) is 2.28. The Morgan fingerprint density at radius 2 is 1.94 bits per heavy atom. The van der Waals surface area contributed by atoms with Gasteiger partial charge in [-0.15, -0.1) is 0 Å². The minimum Gasteiger partial charge on any atom is -0.494 e. The van der Waals surface area contributed by atoms with Gasteiger partial charge < -0.3 is 4.74 Å². The van der Waals surface area contributed by atoms with Crippen molar-refractivity contribution in [1.29, 1.82) is 0 Å². The number of benzene rings is 1. The monoisotopic (exact) mass is 246 g/mol. The van der Waals surface area contributed by atoms with Gasteiger partial charge in [0.25, 0.3) is 0 Å². The molecule has 1 aromatic rings. The van der Waals surface area contributed by atoms with Crippen molar-refractivity contribution < 1.29 is 22.7 Å². The molecule has 0 aliphatic heterocycles. The van der Waals surface area contributed by atoms with Crippen molar-refractivity contribution in [2.75, 3.05) is 6.61 Å². The molecule has 2 nitrogen and oxygen atoms in total. The highest BCUT2D eigenvalue weighted by molar-refractivity contribution is 5.97. The van der Waals surface area contributed by atoms with Crippen LogP contribution in [0.3, 0.4) is 0 Å². The number of Topliss-reactive ketones (excluding diaryl/α,β-unsaturated/α-hetero) is 1. The fourth-order valence-corrected chi connectivity index (χ4v) is 1.69. The lowest BCUT2D eigenvalue weighted by Gasteiger charge is -2.15. The van der Waals surface area contributed by atoms with E-state index < -0.39 is 17.5 Å². The van der Waals surface area contributed by atoms with E-state index in [1.165, 1.54) is 13.0 Å². The topological polar surface area (TPSA) is 26.3 Å². The van der Waals surface area contributed by atoms with Crippen molar-refractivity contribution in [2.24, 2.45) is 0 Å². The van der Waals surface area contributed by atoms with Crippen LogP contribution in [0.5, 0.6) is 5.75 Å². The summed E-state index contributed by atoms with van der Waals surface area (Å²) < 4.78 is 43.4. The summed E-state index contributed by atoms with van der Waals surface area (Å²) in [5, 5.41) is 0. The van der Waals surface area contributed by atoms with Gasteiger partial charge in [0.05, 0.1) is 12.2 Å². The summed E-state index contributed by atoms with van der Waals surface area (Å²) in [5.41, 5.74) is -0.954. The second-order valence-electron chi connectivity index (χ2n) is 3.65. The van der Waals surface area contributed by atoms with Gasteiger partial charge in [-0.3, -0.25) is 4.79 Å². The number of carbonyl (C=O) groups is 1. The number of aryl methyl sites for hydroxylation is 1. The van der Waals surface area contributed by atoms with Crippen LogP contribution >= 0.6 is 0 Å². The molecule has 0 saturated heterocycles. The quantitative estimate of drug-likeness (QED) is 0.761. The molecule has 0 atom stereocenters. The predicted octanol–water partition coefficient (Wildman–Crippen LogP) is 3.62.